The van der Waals surface area contributed by atoms with Crippen molar-refractivity contribution in [2.45, 2.75) is 42.4 Å². The van der Waals surface area contributed by atoms with Gasteiger partial charge in [-0.2, -0.15) is 13.2 Å². The highest BCUT2D eigenvalue weighted by Gasteiger charge is 2.37. The summed E-state index contributed by atoms with van der Waals surface area (Å²) >= 11 is 1.13. The van der Waals surface area contributed by atoms with Crippen molar-refractivity contribution < 1.29 is 32.3 Å². The lowest BCUT2D eigenvalue weighted by atomic mass is 9.87. The summed E-state index contributed by atoms with van der Waals surface area (Å²) in [5.41, 5.74) is -0.962. The molecule has 2 N–H and O–H groups in total. The molecule has 2 aliphatic rings. The molecule has 32 heavy (non-hydrogen) atoms. The highest BCUT2D eigenvalue weighted by atomic mass is 32.2. The number of anilines is 2. The van der Waals surface area contributed by atoms with E-state index in [0.29, 0.717) is 12.1 Å². The van der Waals surface area contributed by atoms with Gasteiger partial charge in [0.05, 0.1) is 17.6 Å². The number of rotatable bonds is 4. The molecule has 0 saturated carbocycles. The van der Waals surface area contributed by atoms with Gasteiger partial charge in [0.25, 0.3) is 0 Å². The number of nitrogens with zero attached hydrogens (tertiary/aromatic N) is 1. The first-order chi connectivity index (χ1) is 15.0. The molecule has 0 atom stereocenters. The molecule has 2 heterocycles. The monoisotopic (exact) mass is 468 g/mol. The van der Waals surface area contributed by atoms with Crippen molar-refractivity contribution in [3.8, 4) is 0 Å². The Morgan fingerprint density at radius 2 is 1.88 bits per heavy atom. The summed E-state index contributed by atoms with van der Waals surface area (Å²) < 4.78 is 52.4. The predicted molar refractivity (Wildman–Crippen MR) is 112 cm³/mol. The molecule has 0 aromatic heterocycles. The Balaban J connectivity index is 1.36. The van der Waals surface area contributed by atoms with Gasteiger partial charge in [0.15, 0.2) is 5.12 Å². The lowest BCUT2D eigenvalue weighted by molar-refractivity contribution is -0.140. The molecule has 0 unspecified atom stereocenters. The molecule has 2 aliphatic heterocycles. The fourth-order valence-corrected chi connectivity index (χ4v) is 4.91. The third-order valence-electron chi connectivity index (χ3n) is 5.71. The molecular formula is C22H20F4N2O3S. The average molecular weight is 468 g/mol. The number of piperidine rings is 1. The van der Waals surface area contributed by atoms with Crippen molar-refractivity contribution in [1.29, 1.82) is 0 Å². The molecule has 4 rings (SSSR count). The number of aliphatic hydroxyl groups is 1. The molecule has 2 aromatic carbocycles. The second kappa shape index (κ2) is 8.40. The Hall–Kier alpha value is -2.59. The fraction of sp³-hybridized carbons (Fsp3) is 0.364. The molecule has 1 amide bonds. The average Bonchev–Trinajstić information content (AvgIpc) is 3.07. The molecule has 0 radical (unpaired) electrons. The largest absolute Gasteiger partial charge is 0.419 e. The van der Waals surface area contributed by atoms with Crippen LogP contribution in [0.4, 0.5) is 28.9 Å². The summed E-state index contributed by atoms with van der Waals surface area (Å²) in [5.74, 6) is -1.72. The third-order valence-corrected chi connectivity index (χ3v) is 6.69. The van der Waals surface area contributed by atoms with Crippen LogP contribution in [0.15, 0.2) is 41.3 Å². The lowest BCUT2D eigenvalue weighted by Gasteiger charge is -2.39. The van der Waals surface area contributed by atoms with Crippen LogP contribution in [-0.2, 0) is 22.2 Å². The fourth-order valence-electron chi connectivity index (χ4n) is 3.98. The van der Waals surface area contributed by atoms with Crippen LogP contribution in [0.1, 0.15) is 30.4 Å². The van der Waals surface area contributed by atoms with E-state index in [1.807, 2.05) is 0 Å². The molecule has 2 aromatic rings. The summed E-state index contributed by atoms with van der Waals surface area (Å²) in [6.07, 6.45) is -4.25. The number of fused-ring (bicyclic) bond motifs is 1. The van der Waals surface area contributed by atoms with Gasteiger partial charge in [0.2, 0.25) is 5.91 Å². The number of halogens is 4. The molecule has 1 saturated heterocycles. The second-order valence-corrected chi connectivity index (χ2v) is 9.17. The van der Waals surface area contributed by atoms with Crippen LogP contribution in [0.3, 0.4) is 0 Å². The minimum Gasteiger partial charge on any atom is -0.389 e. The molecule has 0 aliphatic carbocycles. The van der Waals surface area contributed by atoms with Crippen LogP contribution in [-0.4, -0.2) is 34.8 Å². The Morgan fingerprint density at radius 1 is 1.16 bits per heavy atom. The first kappa shape index (κ1) is 22.6. The van der Waals surface area contributed by atoms with Gasteiger partial charge >= 0.3 is 6.18 Å². The quantitative estimate of drug-likeness (QED) is 0.652. The zero-order valence-corrected chi connectivity index (χ0v) is 17.7. The standard InChI is InChI=1S/C22H20F4N2O3S/c23-17-4-3-15(11-16(17)22(24,25)26)28-7-5-21(31,6-8-28)12-19(29)27-14-2-1-13-9-20(30)32-18(13)10-14/h1-4,10-11,31H,5-9,12H2,(H,27,29). The SMILES string of the molecule is O=C(CC1(O)CCN(c2ccc(F)c(C(F)(F)F)c2)CC1)Nc1ccc2c(c1)SC(=O)C2. The maximum absolute atomic E-state index is 13.5. The van der Waals surface area contributed by atoms with Crippen molar-refractivity contribution in [3.05, 3.63) is 53.3 Å². The van der Waals surface area contributed by atoms with E-state index in [9.17, 15) is 32.3 Å². The number of alkyl halides is 3. The zero-order chi connectivity index (χ0) is 23.1. The highest BCUT2D eigenvalue weighted by Crippen LogP contribution is 2.37. The van der Waals surface area contributed by atoms with Gasteiger partial charge in [-0.1, -0.05) is 17.8 Å². The van der Waals surface area contributed by atoms with Crippen LogP contribution < -0.4 is 10.2 Å². The van der Waals surface area contributed by atoms with E-state index >= 15 is 0 Å². The summed E-state index contributed by atoms with van der Waals surface area (Å²) in [5, 5.41) is 13.6. The molecule has 0 spiro atoms. The minimum atomic E-state index is -4.79. The van der Waals surface area contributed by atoms with Crippen molar-refractivity contribution in [3.63, 3.8) is 0 Å². The van der Waals surface area contributed by atoms with Gasteiger partial charge in [-0.25, -0.2) is 4.39 Å². The van der Waals surface area contributed by atoms with Crippen LogP contribution in [0.2, 0.25) is 0 Å². The van der Waals surface area contributed by atoms with Gasteiger partial charge in [0, 0.05) is 35.8 Å². The Kier molecular flexibility index (Phi) is 5.93. The Bertz CT molecular complexity index is 1070. The Morgan fingerprint density at radius 3 is 2.56 bits per heavy atom. The van der Waals surface area contributed by atoms with Gasteiger partial charge in [-0.3, -0.25) is 9.59 Å². The maximum Gasteiger partial charge on any atom is 0.419 e. The summed E-state index contributed by atoms with van der Waals surface area (Å²) in [4.78, 5) is 26.4. The van der Waals surface area contributed by atoms with E-state index in [0.717, 1.165) is 34.4 Å². The van der Waals surface area contributed by atoms with Crippen LogP contribution in [0, 0.1) is 5.82 Å². The van der Waals surface area contributed by atoms with Crippen molar-refractivity contribution in [1.82, 2.24) is 0 Å². The molecule has 170 valence electrons. The van der Waals surface area contributed by atoms with Crippen molar-refractivity contribution in [2.24, 2.45) is 0 Å². The molecule has 10 heteroatoms. The first-order valence-electron chi connectivity index (χ1n) is 10.00. The van der Waals surface area contributed by atoms with Gasteiger partial charge in [-0.15, -0.1) is 0 Å². The lowest BCUT2D eigenvalue weighted by Crippen LogP contribution is -2.46. The summed E-state index contributed by atoms with van der Waals surface area (Å²) in [6.45, 7) is 0.453. The first-order valence-corrected chi connectivity index (χ1v) is 10.8. The normalized spacial score (nSPS) is 17.9. The van der Waals surface area contributed by atoms with Crippen LogP contribution in [0.25, 0.3) is 0 Å². The molecule has 0 bridgehead atoms. The zero-order valence-electron chi connectivity index (χ0n) is 16.8. The van der Waals surface area contributed by atoms with Gasteiger partial charge in [-0.05, 0) is 48.7 Å². The number of carbonyl (C=O) groups is 2. The number of hydrogen-bond donors (Lipinski definition) is 2. The van der Waals surface area contributed by atoms with E-state index < -0.39 is 29.1 Å². The molecule has 5 nitrogen and oxygen atoms in total. The van der Waals surface area contributed by atoms with E-state index in [2.05, 4.69) is 5.32 Å². The van der Waals surface area contributed by atoms with Crippen LogP contribution >= 0.6 is 11.8 Å². The number of nitrogens with one attached hydrogen (secondary N) is 1. The number of amides is 1. The topological polar surface area (TPSA) is 69.6 Å². The van der Waals surface area contributed by atoms with Crippen LogP contribution in [0.5, 0.6) is 0 Å². The number of carbonyl (C=O) groups excluding carboxylic acids is 2. The van der Waals surface area contributed by atoms with Crippen molar-refractivity contribution >= 4 is 34.2 Å². The van der Waals surface area contributed by atoms with E-state index in [1.165, 1.54) is 6.07 Å². The second-order valence-electron chi connectivity index (χ2n) is 8.07. The summed E-state index contributed by atoms with van der Waals surface area (Å²) in [7, 11) is 0. The molecule has 1 fully saturated rings. The van der Waals surface area contributed by atoms with Gasteiger partial charge in [0.1, 0.15) is 5.82 Å². The third kappa shape index (κ3) is 4.91. The van der Waals surface area contributed by atoms with Gasteiger partial charge < -0.3 is 15.3 Å². The summed E-state index contributed by atoms with van der Waals surface area (Å²) in [6, 6.07) is 8.04. The number of benzene rings is 2. The van der Waals surface area contributed by atoms with E-state index in [-0.39, 0.29) is 43.2 Å². The smallest absolute Gasteiger partial charge is 0.389 e. The molecular weight excluding hydrogens is 448 g/mol. The van der Waals surface area contributed by atoms with E-state index in [4.69, 9.17) is 0 Å². The number of thioether (sulfide) groups is 1. The Labute approximate surface area is 185 Å². The maximum atomic E-state index is 13.5. The van der Waals surface area contributed by atoms with Crippen molar-refractivity contribution in [2.75, 3.05) is 23.3 Å². The minimum absolute atomic E-state index is 0.0491. The number of hydrogen-bond acceptors (Lipinski definition) is 5. The predicted octanol–water partition coefficient (Wildman–Crippen LogP) is 4.38. The van der Waals surface area contributed by atoms with E-state index in [1.54, 1.807) is 23.1 Å². The highest BCUT2D eigenvalue weighted by molar-refractivity contribution is 8.14.